The number of pyridine rings is 2. The Balaban J connectivity index is 1.49. The number of furan rings is 1. The van der Waals surface area contributed by atoms with E-state index in [0.29, 0.717) is 27.9 Å². The Bertz CT molecular complexity index is 1850. The van der Waals surface area contributed by atoms with E-state index in [1.165, 1.54) is 0 Å². The van der Waals surface area contributed by atoms with Crippen LogP contribution in [0.2, 0.25) is 0 Å². The van der Waals surface area contributed by atoms with E-state index in [9.17, 15) is 20.0 Å². The fourth-order valence-electron chi connectivity index (χ4n) is 4.87. The van der Waals surface area contributed by atoms with E-state index in [-0.39, 0.29) is 24.8 Å². The van der Waals surface area contributed by atoms with Crippen molar-refractivity contribution >= 4 is 22.9 Å². The second kappa shape index (κ2) is 11.3. The molecule has 1 amide bonds. The molecule has 3 aromatic heterocycles. The van der Waals surface area contributed by atoms with E-state index in [4.69, 9.17) is 4.42 Å². The quantitative estimate of drug-likeness (QED) is 0.228. The largest absolute Gasteiger partial charge is 0.481 e. The van der Waals surface area contributed by atoms with Gasteiger partial charge in [0.05, 0.1) is 23.0 Å². The molecule has 8 heteroatoms. The van der Waals surface area contributed by atoms with Gasteiger partial charge in [-0.3, -0.25) is 19.6 Å². The molecule has 8 nitrogen and oxygen atoms in total. The Labute approximate surface area is 243 Å². The normalized spacial score (nSPS) is 11.3. The molecule has 5 aromatic rings. The van der Waals surface area contributed by atoms with E-state index < -0.39 is 11.4 Å². The number of carbonyl (C=O) groups is 2. The van der Waals surface area contributed by atoms with Crippen LogP contribution < -0.4 is 0 Å². The number of nitrogens with zero attached hydrogens (tertiary/aromatic N) is 4. The maximum Gasteiger partial charge on any atom is 0.313 e. The first-order valence-electron chi connectivity index (χ1n) is 13.5. The number of aromatic nitrogens is 2. The van der Waals surface area contributed by atoms with Crippen molar-refractivity contribution in [1.82, 2.24) is 14.9 Å². The Kier molecular flexibility index (Phi) is 7.60. The average Bonchev–Trinajstić information content (AvgIpc) is 3.45. The number of benzene rings is 2. The summed E-state index contributed by atoms with van der Waals surface area (Å²) < 4.78 is 5.64. The molecule has 0 atom stereocenters. The number of aliphatic carboxylic acids is 1. The minimum Gasteiger partial charge on any atom is -0.481 e. The molecule has 0 radical (unpaired) electrons. The van der Waals surface area contributed by atoms with Crippen molar-refractivity contribution in [1.29, 1.82) is 5.26 Å². The van der Waals surface area contributed by atoms with E-state index in [2.05, 4.69) is 9.97 Å². The fraction of sp³-hybridized carbons (Fsp3) is 0.206. The van der Waals surface area contributed by atoms with E-state index in [1.807, 2.05) is 74.5 Å². The Morgan fingerprint density at radius 3 is 2.43 bits per heavy atom. The van der Waals surface area contributed by atoms with Gasteiger partial charge in [-0.15, -0.1) is 0 Å². The molecule has 0 aliphatic carbocycles. The zero-order chi connectivity index (χ0) is 30.0. The molecule has 0 fully saturated rings. The molecule has 5 rings (SSSR count). The molecule has 0 aliphatic heterocycles. The van der Waals surface area contributed by atoms with Gasteiger partial charge >= 0.3 is 5.97 Å². The summed E-state index contributed by atoms with van der Waals surface area (Å²) in [7, 11) is 0. The standard InChI is InChI=1S/C34H30N4O4/c1-21-22(2)37-29-9-6-16-36-31(29)30(21)32(39)38(20-28-15-14-27(18-35)42-28)19-23-10-12-24(13-11-23)25-7-5-8-26(17-25)34(3,4)33(40)41/h5-17H,19-20H2,1-4H3,(H,40,41). The van der Waals surface area contributed by atoms with Gasteiger partial charge < -0.3 is 14.4 Å². The highest BCUT2D eigenvalue weighted by molar-refractivity contribution is 6.06. The average molecular weight is 559 g/mol. The molecular weight excluding hydrogens is 528 g/mol. The molecule has 2 aromatic carbocycles. The lowest BCUT2D eigenvalue weighted by Crippen LogP contribution is -2.31. The summed E-state index contributed by atoms with van der Waals surface area (Å²) in [6, 6.07) is 24.3. The predicted molar refractivity (Wildman–Crippen MR) is 159 cm³/mol. The maximum absolute atomic E-state index is 14.2. The third-order valence-electron chi connectivity index (χ3n) is 7.63. The van der Waals surface area contributed by atoms with Crippen LogP contribution in [0.15, 0.2) is 83.4 Å². The van der Waals surface area contributed by atoms with Crippen LogP contribution in [0, 0.1) is 25.2 Å². The summed E-state index contributed by atoms with van der Waals surface area (Å²) in [4.78, 5) is 36.7. The molecule has 1 N–H and O–H groups in total. The molecule has 3 heterocycles. The zero-order valence-electron chi connectivity index (χ0n) is 23.9. The monoisotopic (exact) mass is 558 g/mol. The molecule has 0 saturated heterocycles. The van der Waals surface area contributed by atoms with Crippen LogP contribution in [0.25, 0.3) is 22.2 Å². The minimum atomic E-state index is -1.02. The minimum absolute atomic E-state index is 0.156. The summed E-state index contributed by atoms with van der Waals surface area (Å²) in [5.41, 5.74) is 5.60. The second-order valence-corrected chi connectivity index (χ2v) is 10.8. The first kappa shape index (κ1) is 28.2. The molecule has 0 aliphatic rings. The van der Waals surface area contributed by atoms with Crippen LogP contribution in [0.1, 0.15) is 58.1 Å². The van der Waals surface area contributed by atoms with Crippen molar-refractivity contribution in [3.05, 3.63) is 118 Å². The number of rotatable bonds is 8. The number of carboxylic acids is 1. The number of hydrogen-bond acceptors (Lipinski definition) is 6. The number of carboxylic acid groups (broad SMARTS) is 1. The van der Waals surface area contributed by atoms with Crippen molar-refractivity contribution < 1.29 is 19.1 Å². The van der Waals surface area contributed by atoms with Crippen molar-refractivity contribution in [3.63, 3.8) is 0 Å². The van der Waals surface area contributed by atoms with Crippen molar-refractivity contribution in [2.24, 2.45) is 0 Å². The highest BCUT2D eigenvalue weighted by atomic mass is 16.4. The summed E-state index contributed by atoms with van der Waals surface area (Å²) in [5, 5.41) is 18.9. The molecular formula is C34H30N4O4. The van der Waals surface area contributed by atoms with Crippen LogP contribution in [-0.2, 0) is 23.3 Å². The van der Waals surface area contributed by atoms with Crippen LogP contribution in [-0.4, -0.2) is 31.9 Å². The van der Waals surface area contributed by atoms with Gasteiger partial charge in [-0.05, 0) is 79.8 Å². The third kappa shape index (κ3) is 5.50. The number of amides is 1. The fourth-order valence-corrected chi connectivity index (χ4v) is 4.87. The van der Waals surface area contributed by atoms with Crippen LogP contribution in [0.3, 0.4) is 0 Å². The lowest BCUT2D eigenvalue weighted by Gasteiger charge is -2.24. The molecule has 0 saturated carbocycles. The highest BCUT2D eigenvalue weighted by Crippen LogP contribution is 2.29. The third-order valence-corrected chi connectivity index (χ3v) is 7.63. The lowest BCUT2D eigenvalue weighted by atomic mass is 9.83. The summed E-state index contributed by atoms with van der Waals surface area (Å²) in [5.74, 6) is -0.432. The van der Waals surface area contributed by atoms with Crippen LogP contribution in [0.4, 0.5) is 0 Å². The van der Waals surface area contributed by atoms with Gasteiger partial charge in [0.1, 0.15) is 17.3 Å². The smallest absolute Gasteiger partial charge is 0.313 e. The van der Waals surface area contributed by atoms with Gasteiger partial charge in [0.15, 0.2) is 0 Å². The zero-order valence-corrected chi connectivity index (χ0v) is 23.9. The highest BCUT2D eigenvalue weighted by Gasteiger charge is 2.29. The number of aryl methyl sites for hydroxylation is 1. The van der Waals surface area contributed by atoms with E-state index in [1.54, 1.807) is 43.1 Å². The van der Waals surface area contributed by atoms with E-state index >= 15 is 0 Å². The second-order valence-electron chi connectivity index (χ2n) is 10.8. The first-order chi connectivity index (χ1) is 20.1. The topological polar surface area (TPSA) is 120 Å². The van der Waals surface area contributed by atoms with Gasteiger partial charge in [0.25, 0.3) is 5.91 Å². The Morgan fingerprint density at radius 1 is 0.976 bits per heavy atom. The SMILES string of the molecule is Cc1nc2cccnc2c(C(=O)N(Cc2ccc(-c3cccc(C(C)(C)C(=O)O)c3)cc2)Cc2ccc(C#N)o2)c1C. The Morgan fingerprint density at radius 2 is 1.74 bits per heavy atom. The van der Waals surface area contributed by atoms with Crippen LogP contribution >= 0.6 is 0 Å². The molecule has 0 spiro atoms. The molecule has 0 bridgehead atoms. The van der Waals surface area contributed by atoms with Gasteiger partial charge in [-0.2, -0.15) is 5.26 Å². The number of fused-ring (bicyclic) bond motifs is 1. The van der Waals surface area contributed by atoms with Gasteiger partial charge in [0.2, 0.25) is 5.76 Å². The summed E-state index contributed by atoms with van der Waals surface area (Å²) >= 11 is 0. The van der Waals surface area contributed by atoms with Crippen molar-refractivity contribution in [3.8, 4) is 17.2 Å². The summed E-state index contributed by atoms with van der Waals surface area (Å²) in [6.07, 6.45) is 1.65. The number of carbonyl (C=O) groups excluding carboxylic acids is 1. The number of hydrogen-bond donors (Lipinski definition) is 1. The summed E-state index contributed by atoms with van der Waals surface area (Å²) in [6.45, 7) is 7.56. The van der Waals surface area contributed by atoms with E-state index in [0.717, 1.165) is 27.9 Å². The maximum atomic E-state index is 14.2. The molecule has 0 unspecified atom stereocenters. The number of nitriles is 1. The molecule has 210 valence electrons. The predicted octanol–water partition coefficient (Wildman–Crippen LogP) is 6.58. The van der Waals surface area contributed by atoms with Gasteiger partial charge in [-0.1, -0.05) is 48.5 Å². The first-order valence-corrected chi connectivity index (χ1v) is 13.5. The van der Waals surface area contributed by atoms with Crippen LogP contribution in [0.5, 0.6) is 0 Å². The van der Waals surface area contributed by atoms with Crippen molar-refractivity contribution in [2.45, 2.75) is 46.2 Å². The lowest BCUT2D eigenvalue weighted by molar-refractivity contribution is -0.142. The van der Waals surface area contributed by atoms with Crippen molar-refractivity contribution in [2.75, 3.05) is 0 Å². The van der Waals surface area contributed by atoms with Gasteiger partial charge in [0, 0.05) is 18.4 Å². The molecule has 42 heavy (non-hydrogen) atoms. The Hall–Kier alpha value is -5.29. The van der Waals surface area contributed by atoms with Gasteiger partial charge in [-0.25, -0.2) is 0 Å².